The first-order valence-corrected chi connectivity index (χ1v) is 6.68. The van der Waals surface area contributed by atoms with E-state index in [1.54, 1.807) is 24.3 Å². The maximum Gasteiger partial charge on any atom is 0.307 e. The molecule has 2 aromatic carbocycles. The van der Waals surface area contributed by atoms with Crippen molar-refractivity contribution in [3.63, 3.8) is 0 Å². The van der Waals surface area contributed by atoms with E-state index in [1.807, 2.05) is 24.3 Å². The van der Waals surface area contributed by atoms with Crippen molar-refractivity contribution in [3.05, 3.63) is 59.8 Å². The molecule has 0 aliphatic heterocycles. The third kappa shape index (κ3) is 2.80. The summed E-state index contributed by atoms with van der Waals surface area (Å²) in [6.45, 7) is 0. The van der Waals surface area contributed by atoms with Crippen molar-refractivity contribution < 1.29 is 14.7 Å². The molecule has 1 heterocycles. The quantitative estimate of drug-likeness (QED) is 0.689. The monoisotopic (exact) mass is 295 g/mol. The Labute approximate surface area is 125 Å². The van der Waals surface area contributed by atoms with Gasteiger partial charge in [0.1, 0.15) is 0 Å². The smallest absolute Gasteiger partial charge is 0.307 e. The molecule has 6 heteroatoms. The van der Waals surface area contributed by atoms with Crippen LogP contribution in [0, 0.1) is 0 Å². The van der Waals surface area contributed by atoms with Gasteiger partial charge in [-0.2, -0.15) is 5.10 Å². The highest BCUT2D eigenvalue weighted by Crippen LogP contribution is 2.17. The summed E-state index contributed by atoms with van der Waals surface area (Å²) in [5.41, 5.74) is 2.25. The summed E-state index contributed by atoms with van der Waals surface area (Å²) in [5.74, 6) is -1.26. The average Bonchev–Trinajstić information content (AvgIpc) is 2.91. The van der Waals surface area contributed by atoms with E-state index in [1.165, 1.54) is 0 Å². The average molecular weight is 295 g/mol. The van der Waals surface area contributed by atoms with E-state index in [0.29, 0.717) is 16.9 Å². The molecule has 0 fully saturated rings. The fourth-order valence-corrected chi connectivity index (χ4v) is 2.26. The third-order valence-corrected chi connectivity index (χ3v) is 3.23. The van der Waals surface area contributed by atoms with Gasteiger partial charge in [0.2, 0.25) is 0 Å². The standard InChI is InChI=1S/C16H13N3O3/c20-14(21)9-10-4-3-5-11(8-10)17-16(22)15-12-6-1-2-7-13(12)18-19-15/h1-8H,9H2,(H,17,22)(H,18,19)(H,20,21). The Hall–Kier alpha value is -3.15. The lowest BCUT2D eigenvalue weighted by Crippen LogP contribution is -2.13. The maximum atomic E-state index is 12.3. The first kappa shape index (κ1) is 13.8. The van der Waals surface area contributed by atoms with Crippen molar-refractivity contribution in [1.29, 1.82) is 0 Å². The van der Waals surface area contributed by atoms with Crippen molar-refractivity contribution in [1.82, 2.24) is 10.2 Å². The van der Waals surface area contributed by atoms with Gasteiger partial charge in [0.05, 0.1) is 11.9 Å². The van der Waals surface area contributed by atoms with Crippen molar-refractivity contribution in [2.24, 2.45) is 0 Å². The Morgan fingerprint density at radius 2 is 1.95 bits per heavy atom. The minimum absolute atomic E-state index is 0.0882. The summed E-state index contributed by atoms with van der Waals surface area (Å²) in [4.78, 5) is 23.0. The molecule has 1 amide bonds. The van der Waals surface area contributed by atoms with Crippen LogP contribution in [0.2, 0.25) is 0 Å². The Morgan fingerprint density at radius 3 is 2.77 bits per heavy atom. The van der Waals surface area contributed by atoms with Crippen LogP contribution in [0.4, 0.5) is 5.69 Å². The minimum Gasteiger partial charge on any atom is -0.481 e. The zero-order valence-corrected chi connectivity index (χ0v) is 11.5. The predicted molar refractivity (Wildman–Crippen MR) is 81.8 cm³/mol. The molecule has 3 rings (SSSR count). The van der Waals surface area contributed by atoms with Gasteiger partial charge in [0.25, 0.3) is 5.91 Å². The fourth-order valence-electron chi connectivity index (χ4n) is 2.26. The van der Waals surface area contributed by atoms with Gasteiger partial charge < -0.3 is 10.4 Å². The molecule has 0 saturated heterocycles. The molecular weight excluding hydrogens is 282 g/mol. The van der Waals surface area contributed by atoms with E-state index < -0.39 is 5.97 Å². The number of rotatable bonds is 4. The van der Waals surface area contributed by atoms with Crippen molar-refractivity contribution in [2.45, 2.75) is 6.42 Å². The Bertz CT molecular complexity index is 854. The summed E-state index contributed by atoms with van der Waals surface area (Å²) in [5, 5.41) is 19.1. The largest absolute Gasteiger partial charge is 0.481 e. The molecule has 110 valence electrons. The second-order valence-electron chi connectivity index (χ2n) is 4.84. The van der Waals surface area contributed by atoms with E-state index >= 15 is 0 Å². The summed E-state index contributed by atoms with van der Waals surface area (Å²) < 4.78 is 0. The number of carbonyl (C=O) groups excluding carboxylic acids is 1. The zero-order valence-electron chi connectivity index (χ0n) is 11.5. The molecule has 0 aliphatic rings. The van der Waals surface area contributed by atoms with Gasteiger partial charge in [-0.3, -0.25) is 14.7 Å². The van der Waals surface area contributed by atoms with Crippen LogP contribution in [-0.4, -0.2) is 27.2 Å². The van der Waals surface area contributed by atoms with Crippen LogP contribution >= 0.6 is 0 Å². The molecule has 0 unspecified atom stereocenters. The van der Waals surface area contributed by atoms with Gasteiger partial charge in [0, 0.05) is 11.1 Å². The number of amides is 1. The number of aromatic amines is 1. The van der Waals surface area contributed by atoms with Crippen LogP contribution in [0.25, 0.3) is 10.9 Å². The van der Waals surface area contributed by atoms with E-state index in [2.05, 4.69) is 15.5 Å². The molecule has 0 atom stereocenters. The number of anilines is 1. The SMILES string of the molecule is O=C(O)Cc1cccc(NC(=O)c2n[nH]c3ccccc23)c1. The molecule has 0 spiro atoms. The first-order chi connectivity index (χ1) is 10.6. The lowest BCUT2D eigenvalue weighted by atomic mass is 10.1. The summed E-state index contributed by atoms with van der Waals surface area (Å²) in [6.07, 6.45) is -0.0882. The molecule has 0 bridgehead atoms. The normalized spacial score (nSPS) is 10.5. The Kier molecular flexibility index (Phi) is 3.57. The van der Waals surface area contributed by atoms with E-state index in [9.17, 15) is 9.59 Å². The number of nitrogens with one attached hydrogen (secondary N) is 2. The molecular formula is C16H13N3O3. The number of nitrogens with zero attached hydrogens (tertiary/aromatic N) is 1. The van der Waals surface area contributed by atoms with E-state index in [0.717, 1.165) is 10.9 Å². The Morgan fingerprint density at radius 1 is 1.14 bits per heavy atom. The highest BCUT2D eigenvalue weighted by molar-refractivity contribution is 6.11. The molecule has 6 nitrogen and oxygen atoms in total. The van der Waals surface area contributed by atoms with Crippen molar-refractivity contribution in [2.75, 3.05) is 5.32 Å². The van der Waals surface area contributed by atoms with Crippen molar-refractivity contribution >= 4 is 28.5 Å². The molecule has 0 radical (unpaired) electrons. The second kappa shape index (κ2) is 5.69. The summed E-state index contributed by atoms with van der Waals surface area (Å²) in [7, 11) is 0. The van der Waals surface area contributed by atoms with Gasteiger partial charge in [-0.25, -0.2) is 0 Å². The number of H-pyrrole nitrogens is 1. The number of aliphatic carboxylic acids is 1. The highest BCUT2D eigenvalue weighted by atomic mass is 16.4. The molecule has 3 N–H and O–H groups in total. The number of carboxylic acid groups (broad SMARTS) is 1. The van der Waals surface area contributed by atoms with Gasteiger partial charge in [-0.1, -0.05) is 30.3 Å². The topological polar surface area (TPSA) is 95.1 Å². The Balaban J connectivity index is 1.84. The number of aromatic nitrogens is 2. The van der Waals surface area contributed by atoms with Crippen LogP contribution in [0.15, 0.2) is 48.5 Å². The fraction of sp³-hybridized carbons (Fsp3) is 0.0625. The molecule has 0 aliphatic carbocycles. The van der Waals surface area contributed by atoms with Crippen molar-refractivity contribution in [3.8, 4) is 0 Å². The summed E-state index contributed by atoms with van der Waals surface area (Å²) in [6, 6.07) is 14.1. The number of hydrogen-bond donors (Lipinski definition) is 3. The van der Waals surface area contributed by atoms with Gasteiger partial charge in [-0.15, -0.1) is 0 Å². The number of carbonyl (C=O) groups is 2. The molecule has 0 saturated carbocycles. The number of fused-ring (bicyclic) bond motifs is 1. The van der Waals surface area contributed by atoms with E-state index in [-0.39, 0.29) is 12.3 Å². The molecule has 22 heavy (non-hydrogen) atoms. The van der Waals surface area contributed by atoms with Crippen LogP contribution in [0.3, 0.4) is 0 Å². The van der Waals surface area contributed by atoms with Crippen LogP contribution in [0.5, 0.6) is 0 Å². The van der Waals surface area contributed by atoms with Crippen LogP contribution in [-0.2, 0) is 11.2 Å². The second-order valence-corrected chi connectivity index (χ2v) is 4.84. The van der Waals surface area contributed by atoms with Gasteiger partial charge >= 0.3 is 5.97 Å². The maximum absolute atomic E-state index is 12.3. The van der Waals surface area contributed by atoms with E-state index in [4.69, 9.17) is 5.11 Å². The highest BCUT2D eigenvalue weighted by Gasteiger charge is 2.14. The number of hydrogen-bond acceptors (Lipinski definition) is 3. The van der Waals surface area contributed by atoms with Gasteiger partial charge in [0.15, 0.2) is 5.69 Å². The predicted octanol–water partition coefficient (Wildman–Crippen LogP) is 2.44. The van der Waals surface area contributed by atoms with Gasteiger partial charge in [-0.05, 0) is 23.8 Å². The number of para-hydroxylation sites is 1. The minimum atomic E-state index is -0.915. The summed E-state index contributed by atoms with van der Waals surface area (Å²) >= 11 is 0. The lowest BCUT2D eigenvalue weighted by molar-refractivity contribution is -0.136. The third-order valence-electron chi connectivity index (χ3n) is 3.23. The number of carboxylic acids is 1. The lowest BCUT2D eigenvalue weighted by Gasteiger charge is -2.05. The van der Waals surface area contributed by atoms with Crippen LogP contribution in [0.1, 0.15) is 16.1 Å². The zero-order chi connectivity index (χ0) is 15.5. The van der Waals surface area contributed by atoms with Crippen LogP contribution < -0.4 is 5.32 Å². The molecule has 1 aromatic heterocycles. The first-order valence-electron chi connectivity index (χ1n) is 6.68. The number of benzene rings is 2. The molecule has 3 aromatic rings.